The zero-order valence-corrected chi connectivity index (χ0v) is 15.2. The molecule has 8 heteroatoms. The molecule has 0 aliphatic rings. The van der Waals surface area contributed by atoms with E-state index in [-0.39, 0.29) is 24.1 Å². The molecule has 0 heterocycles. The van der Waals surface area contributed by atoms with E-state index in [0.29, 0.717) is 19.5 Å². The quantitative estimate of drug-likeness (QED) is 0.290. The first-order valence-corrected chi connectivity index (χ1v) is 8.60. The second-order valence-electron chi connectivity index (χ2n) is 5.33. The molecule has 0 fully saturated rings. The van der Waals surface area contributed by atoms with Gasteiger partial charge in [0.25, 0.3) is 0 Å². The summed E-state index contributed by atoms with van der Waals surface area (Å²) in [7, 11) is 4.87. The van der Waals surface area contributed by atoms with Gasteiger partial charge in [-0.15, -0.1) is 0 Å². The molecule has 0 aromatic carbocycles. The first kappa shape index (κ1) is 21.7. The average Bonchev–Trinajstić information content (AvgIpc) is 2.55. The van der Waals surface area contributed by atoms with Gasteiger partial charge in [-0.3, -0.25) is 14.4 Å². The zero-order valence-electron chi connectivity index (χ0n) is 14.4. The highest BCUT2D eigenvalue weighted by Gasteiger charge is 2.28. The van der Waals surface area contributed by atoms with Crippen LogP contribution in [0.4, 0.5) is 0 Å². The summed E-state index contributed by atoms with van der Waals surface area (Å²) in [6, 6.07) is -0.788. The van der Waals surface area contributed by atoms with Crippen LogP contribution in [-0.2, 0) is 14.4 Å². The predicted octanol–water partition coefficient (Wildman–Crippen LogP) is -0.225. The van der Waals surface area contributed by atoms with Crippen molar-refractivity contribution in [2.75, 3.05) is 40.0 Å². The van der Waals surface area contributed by atoms with Gasteiger partial charge in [-0.25, -0.2) is 0 Å². The molecule has 3 N–H and O–H groups in total. The smallest absolute Gasteiger partial charge is 0.243 e. The Balaban J connectivity index is 4.65. The predicted molar refractivity (Wildman–Crippen MR) is 94.5 cm³/mol. The molecule has 7 nitrogen and oxygen atoms in total. The first-order valence-electron chi connectivity index (χ1n) is 7.97. The molecule has 0 radical (unpaired) electrons. The molecule has 0 saturated heterocycles. The van der Waals surface area contributed by atoms with Crippen molar-refractivity contribution in [1.29, 1.82) is 0 Å². The molecule has 0 aromatic heterocycles. The lowest BCUT2D eigenvalue weighted by Crippen LogP contribution is -2.50. The molecule has 134 valence electrons. The number of hydrogen-bond donors (Lipinski definition) is 4. The van der Waals surface area contributed by atoms with Crippen LogP contribution in [0.5, 0.6) is 0 Å². The van der Waals surface area contributed by atoms with Crippen LogP contribution in [0.25, 0.3) is 0 Å². The minimum atomic E-state index is -0.788. The maximum Gasteiger partial charge on any atom is 0.243 e. The summed E-state index contributed by atoms with van der Waals surface area (Å²) in [4.78, 5) is 37.5. The molecule has 0 aliphatic carbocycles. The van der Waals surface area contributed by atoms with Gasteiger partial charge in [-0.2, -0.15) is 12.6 Å². The van der Waals surface area contributed by atoms with E-state index >= 15 is 0 Å². The number of hydrogen-bond acceptors (Lipinski definition) is 5. The lowest BCUT2D eigenvalue weighted by Gasteiger charge is -2.27. The van der Waals surface area contributed by atoms with E-state index in [1.807, 2.05) is 0 Å². The summed E-state index contributed by atoms with van der Waals surface area (Å²) >= 11 is 4.14. The van der Waals surface area contributed by atoms with Gasteiger partial charge in [0.1, 0.15) is 6.04 Å². The third-order valence-electron chi connectivity index (χ3n) is 3.54. The second kappa shape index (κ2) is 13.2. The minimum absolute atomic E-state index is 0.0409. The van der Waals surface area contributed by atoms with Gasteiger partial charge in [-0.1, -0.05) is 6.42 Å². The van der Waals surface area contributed by atoms with E-state index in [0.717, 1.165) is 25.0 Å². The number of rotatable bonds is 12. The molecule has 1 unspecified atom stereocenters. The lowest BCUT2D eigenvalue weighted by atomic mass is 10.1. The topological polar surface area (TPSA) is 90.5 Å². The zero-order chi connectivity index (χ0) is 17.7. The Kier molecular flexibility index (Phi) is 12.5. The maximum atomic E-state index is 12.3. The largest absolute Gasteiger partial charge is 0.359 e. The third kappa shape index (κ3) is 9.45. The molecule has 3 amide bonds. The van der Waals surface area contributed by atoms with Crippen LogP contribution in [0.1, 0.15) is 32.1 Å². The Bertz CT molecular complexity index is 380. The number of thiol groups is 1. The number of unbranched alkanes of at least 4 members (excludes halogenated alkanes) is 2. The van der Waals surface area contributed by atoms with E-state index in [9.17, 15) is 14.4 Å². The minimum Gasteiger partial charge on any atom is -0.359 e. The molecule has 1 atom stereocenters. The van der Waals surface area contributed by atoms with Crippen molar-refractivity contribution in [3.05, 3.63) is 0 Å². The Morgan fingerprint density at radius 3 is 2.35 bits per heavy atom. The van der Waals surface area contributed by atoms with Gasteiger partial charge in [0.05, 0.1) is 6.42 Å². The van der Waals surface area contributed by atoms with E-state index in [2.05, 4.69) is 28.6 Å². The fraction of sp³-hybridized carbons (Fsp3) is 0.800. The first-order chi connectivity index (χ1) is 11.0. The van der Waals surface area contributed by atoms with Crippen molar-refractivity contribution < 1.29 is 14.4 Å². The second-order valence-corrected chi connectivity index (χ2v) is 5.77. The summed E-state index contributed by atoms with van der Waals surface area (Å²) in [6.45, 7) is 1.07. The van der Waals surface area contributed by atoms with Crippen LogP contribution >= 0.6 is 12.6 Å². The Hall–Kier alpha value is -1.28. The summed E-state index contributed by atoms with van der Waals surface area (Å²) in [5.41, 5.74) is 0. The number of carbonyl (C=O) groups is 3. The molecule has 0 saturated carbocycles. The molecular formula is C15H30N4O3S. The summed E-state index contributed by atoms with van der Waals surface area (Å²) in [5.74, 6) is 0.0994. The monoisotopic (exact) mass is 346 g/mol. The Morgan fingerprint density at radius 1 is 1.09 bits per heavy atom. The van der Waals surface area contributed by atoms with E-state index in [1.165, 1.54) is 11.9 Å². The summed E-state index contributed by atoms with van der Waals surface area (Å²) in [5, 5.41) is 8.16. The van der Waals surface area contributed by atoms with Gasteiger partial charge >= 0.3 is 0 Å². The van der Waals surface area contributed by atoms with Gasteiger partial charge < -0.3 is 20.9 Å². The molecule has 0 aliphatic heterocycles. The molecule has 0 aromatic rings. The standard InChI is InChI=1S/C15H30N4O3S/c1-16-8-9-18-15(22)12(11-13(20)17-2)19(3)14(21)7-5-4-6-10-23/h12,16,23H,4-11H2,1-3H3,(H,17,20)(H,18,22). The van der Waals surface area contributed by atoms with Crippen molar-refractivity contribution >= 4 is 30.4 Å². The van der Waals surface area contributed by atoms with E-state index < -0.39 is 6.04 Å². The summed E-state index contributed by atoms with van der Waals surface area (Å²) < 4.78 is 0. The molecule has 0 spiro atoms. The van der Waals surface area contributed by atoms with Crippen LogP contribution in [-0.4, -0.2) is 68.6 Å². The van der Waals surface area contributed by atoms with Crippen LogP contribution < -0.4 is 16.0 Å². The Morgan fingerprint density at radius 2 is 1.78 bits per heavy atom. The van der Waals surface area contributed by atoms with Crippen LogP contribution in [0, 0.1) is 0 Å². The van der Waals surface area contributed by atoms with Crippen molar-refractivity contribution in [2.24, 2.45) is 0 Å². The van der Waals surface area contributed by atoms with Crippen molar-refractivity contribution in [3.8, 4) is 0 Å². The highest BCUT2D eigenvalue weighted by Crippen LogP contribution is 2.09. The normalized spacial score (nSPS) is 11.7. The lowest BCUT2D eigenvalue weighted by molar-refractivity contribution is -0.141. The van der Waals surface area contributed by atoms with Gasteiger partial charge in [0.2, 0.25) is 17.7 Å². The number of amides is 3. The van der Waals surface area contributed by atoms with Crippen molar-refractivity contribution in [1.82, 2.24) is 20.9 Å². The highest BCUT2D eigenvalue weighted by molar-refractivity contribution is 7.80. The van der Waals surface area contributed by atoms with Crippen molar-refractivity contribution in [3.63, 3.8) is 0 Å². The molecule has 0 bridgehead atoms. The highest BCUT2D eigenvalue weighted by atomic mass is 32.1. The van der Waals surface area contributed by atoms with Gasteiger partial charge in [-0.05, 0) is 25.6 Å². The number of carbonyl (C=O) groups excluding carboxylic acids is 3. The molecular weight excluding hydrogens is 316 g/mol. The maximum absolute atomic E-state index is 12.3. The van der Waals surface area contributed by atoms with Gasteiger partial charge in [0.15, 0.2) is 0 Å². The van der Waals surface area contributed by atoms with Crippen molar-refractivity contribution in [2.45, 2.75) is 38.1 Å². The Labute approximate surface area is 144 Å². The number of likely N-dealkylation sites (N-methyl/N-ethyl adjacent to an activating group) is 2. The fourth-order valence-electron chi connectivity index (χ4n) is 2.03. The van der Waals surface area contributed by atoms with E-state index in [4.69, 9.17) is 0 Å². The van der Waals surface area contributed by atoms with Gasteiger partial charge in [0, 0.05) is 33.6 Å². The molecule has 23 heavy (non-hydrogen) atoms. The summed E-state index contributed by atoms with van der Waals surface area (Å²) in [6.07, 6.45) is 2.99. The molecule has 0 rings (SSSR count). The average molecular weight is 346 g/mol. The number of nitrogens with zero attached hydrogens (tertiary/aromatic N) is 1. The van der Waals surface area contributed by atoms with E-state index in [1.54, 1.807) is 14.1 Å². The third-order valence-corrected chi connectivity index (χ3v) is 3.86. The SMILES string of the molecule is CNCCNC(=O)C(CC(=O)NC)N(C)C(=O)CCCCCS. The fourth-order valence-corrected chi connectivity index (χ4v) is 2.25. The van der Waals surface area contributed by atoms with Crippen LogP contribution in [0.3, 0.4) is 0 Å². The van der Waals surface area contributed by atoms with Crippen LogP contribution in [0.15, 0.2) is 0 Å². The number of nitrogens with one attached hydrogen (secondary N) is 3. The van der Waals surface area contributed by atoms with Crippen LogP contribution in [0.2, 0.25) is 0 Å².